The average molecular weight is 338 g/mol. The van der Waals surface area contributed by atoms with Gasteiger partial charge in [0.15, 0.2) is 0 Å². The van der Waals surface area contributed by atoms with Crippen LogP contribution in [0.4, 0.5) is 10.1 Å². The molecule has 0 aliphatic heterocycles. The molecule has 0 radical (unpaired) electrons. The Morgan fingerprint density at radius 3 is 2.35 bits per heavy atom. The second-order valence-electron chi connectivity index (χ2n) is 3.93. The highest BCUT2D eigenvalue weighted by atomic mass is 79.9. The predicted octanol–water partition coefficient (Wildman–Crippen LogP) is 3.54. The third-order valence-corrected chi connectivity index (χ3v) is 3.11. The number of benzene rings is 2. The fourth-order valence-electron chi connectivity index (χ4n) is 1.64. The zero-order chi connectivity index (χ0) is 14.7. The number of rotatable bonds is 3. The molecule has 0 aliphatic carbocycles. The van der Waals surface area contributed by atoms with Gasteiger partial charge in [-0.05, 0) is 36.4 Å². The minimum Gasteiger partial charge on any atom is -0.478 e. The number of carbonyl (C=O) groups excluding carboxylic acids is 1. The lowest BCUT2D eigenvalue weighted by atomic mass is 10.1. The Bertz CT molecular complexity index is 671. The van der Waals surface area contributed by atoms with E-state index in [0.29, 0.717) is 5.56 Å². The van der Waals surface area contributed by atoms with E-state index in [2.05, 4.69) is 21.2 Å². The van der Waals surface area contributed by atoms with Crippen molar-refractivity contribution in [1.82, 2.24) is 0 Å². The van der Waals surface area contributed by atoms with Gasteiger partial charge in [0.1, 0.15) is 11.4 Å². The van der Waals surface area contributed by atoms with Gasteiger partial charge in [-0.25, -0.2) is 9.18 Å². The van der Waals surface area contributed by atoms with Crippen molar-refractivity contribution in [3.63, 3.8) is 0 Å². The first kappa shape index (κ1) is 14.2. The first-order valence-corrected chi connectivity index (χ1v) is 6.37. The van der Waals surface area contributed by atoms with E-state index in [4.69, 9.17) is 5.11 Å². The molecule has 0 heterocycles. The molecule has 0 saturated carbocycles. The minimum atomic E-state index is -1.44. The number of carbonyl (C=O) groups is 2. The van der Waals surface area contributed by atoms with Gasteiger partial charge < -0.3 is 10.4 Å². The molecule has 0 atom stereocenters. The molecule has 102 valence electrons. The molecule has 2 aromatic carbocycles. The first-order chi connectivity index (χ1) is 9.49. The molecule has 0 spiro atoms. The quantitative estimate of drug-likeness (QED) is 0.900. The summed E-state index contributed by atoms with van der Waals surface area (Å²) in [5.74, 6) is -2.84. The van der Waals surface area contributed by atoms with Gasteiger partial charge in [-0.2, -0.15) is 0 Å². The van der Waals surface area contributed by atoms with Crippen LogP contribution in [0.15, 0.2) is 46.9 Å². The van der Waals surface area contributed by atoms with Crippen molar-refractivity contribution in [2.45, 2.75) is 0 Å². The molecule has 2 N–H and O–H groups in total. The van der Waals surface area contributed by atoms with Gasteiger partial charge in [-0.15, -0.1) is 0 Å². The van der Waals surface area contributed by atoms with E-state index in [-0.39, 0.29) is 5.69 Å². The Kier molecular flexibility index (Phi) is 4.14. The molecule has 0 saturated heterocycles. The van der Waals surface area contributed by atoms with Gasteiger partial charge in [-0.3, -0.25) is 4.79 Å². The number of nitrogens with one attached hydrogen (secondary N) is 1. The van der Waals surface area contributed by atoms with Crippen LogP contribution in [-0.2, 0) is 0 Å². The second-order valence-corrected chi connectivity index (χ2v) is 4.84. The molecular formula is C14H9BrFNO3. The van der Waals surface area contributed by atoms with Crippen molar-refractivity contribution < 1.29 is 19.1 Å². The lowest BCUT2D eigenvalue weighted by Gasteiger charge is -2.09. The van der Waals surface area contributed by atoms with Crippen molar-refractivity contribution in [3.05, 3.63) is 63.9 Å². The van der Waals surface area contributed by atoms with Crippen molar-refractivity contribution in [2.24, 2.45) is 0 Å². The Balaban J connectivity index is 2.30. The van der Waals surface area contributed by atoms with Gasteiger partial charge in [0.05, 0.1) is 5.69 Å². The molecule has 6 heteroatoms. The molecular weight excluding hydrogens is 329 g/mol. The normalized spacial score (nSPS) is 10.1. The number of amides is 1. The van der Waals surface area contributed by atoms with E-state index in [1.807, 2.05) is 0 Å². The standard InChI is InChI=1S/C14H9BrFNO3/c15-9-6-4-8(5-7-9)13(18)17-11-3-1-2-10(16)12(11)14(19)20/h1-7H,(H,17,18)(H,19,20). The zero-order valence-electron chi connectivity index (χ0n) is 10.1. The molecule has 0 aromatic heterocycles. The van der Waals surface area contributed by atoms with Crippen LogP contribution in [0, 0.1) is 5.82 Å². The summed E-state index contributed by atoms with van der Waals surface area (Å²) in [7, 11) is 0. The molecule has 1 amide bonds. The Labute approximate surface area is 122 Å². The largest absolute Gasteiger partial charge is 0.478 e. The first-order valence-electron chi connectivity index (χ1n) is 5.58. The van der Waals surface area contributed by atoms with Crippen LogP contribution in [0.5, 0.6) is 0 Å². The SMILES string of the molecule is O=C(Nc1cccc(F)c1C(=O)O)c1ccc(Br)cc1. The Morgan fingerprint density at radius 2 is 1.75 bits per heavy atom. The van der Waals surface area contributed by atoms with E-state index >= 15 is 0 Å². The zero-order valence-corrected chi connectivity index (χ0v) is 11.6. The van der Waals surface area contributed by atoms with Crippen LogP contribution in [0.25, 0.3) is 0 Å². The molecule has 0 fully saturated rings. The smallest absolute Gasteiger partial charge is 0.340 e. The summed E-state index contributed by atoms with van der Waals surface area (Å²) in [5, 5.41) is 11.4. The van der Waals surface area contributed by atoms with Crippen LogP contribution in [-0.4, -0.2) is 17.0 Å². The third kappa shape index (κ3) is 3.03. The van der Waals surface area contributed by atoms with E-state index in [9.17, 15) is 14.0 Å². The van der Waals surface area contributed by atoms with Gasteiger partial charge in [0.2, 0.25) is 0 Å². The van der Waals surface area contributed by atoms with Crippen LogP contribution in [0.2, 0.25) is 0 Å². The molecule has 0 aliphatic rings. The maximum absolute atomic E-state index is 13.5. The highest BCUT2D eigenvalue weighted by Gasteiger charge is 2.17. The summed E-state index contributed by atoms with van der Waals surface area (Å²) in [6.45, 7) is 0. The van der Waals surface area contributed by atoms with Crippen LogP contribution in [0.1, 0.15) is 20.7 Å². The van der Waals surface area contributed by atoms with E-state index in [0.717, 1.165) is 10.5 Å². The third-order valence-electron chi connectivity index (χ3n) is 2.58. The van der Waals surface area contributed by atoms with Gasteiger partial charge in [0, 0.05) is 10.0 Å². The second kappa shape index (κ2) is 5.83. The van der Waals surface area contributed by atoms with Crippen molar-refractivity contribution in [2.75, 3.05) is 5.32 Å². The number of carboxylic acid groups (broad SMARTS) is 1. The summed E-state index contributed by atoms with van der Waals surface area (Å²) in [6.07, 6.45) is 0. The lowest BCUT2D eigenvalue weighted by molar-refractivity contribution is 0.0693. The van der Waals surface area contributed by atoms with E-state index < -0.39 is 23.3 Å². The highest BCUT2D eigenvalue weighted by Crippen LogP contribution is 2.20. The number of halogens is 2. The fourth-order valence-corrected chi connectivity index (χ4v) is 1.91. The van der Waals surface area contributed by atoms with Crippen molar-refractivity contribution in [3.8, 4) is 0 Å². The van der Waals surface area contributed by atoms with Gasteiger partial charge >= 0.3 is 5.97 Å². The Morgan fingerprint density at radius 1 is 1.10 bits per heavy atom. The molecule has 2 aromatic rings. The van der Waals surface area contributed by atoms with Crippen molar-refractivity contribution >= 4 is 33.5 Å². The Hall–Kier alpha value is -2.21. The maximum Gasteiger partial charge on any atom is 0.340 e. The molecule has 0 bridgehead atoms. The monoisotopic (exact) mass is 337 g/mol. The summed E-state index contributed by atoms with van der Waals surface area (Å²) < 4.78 is 14.3. The van der Waals surface area contributed by atoms with Crippen LogP contribution < -0.4 is 5.32 Å². The number of aromatic carboxylic acids is 1. The number of anilines is 1. The minimum absolute atomic E-state index is 0.0783. The fraction of sp³-hybridized carbons (Fsp3) is 0. The number of hydrogen-bond acceptors (Lipinski definition) is 2. The van der Waals surface area contributed by atoms with Gasteiger partial charge in [0.25, 0.3) is 5.91 Å². The molecule has 0 unspecified atom stereocenters. The number of carboxylic acids is 1. The summed E-state index contributed by atoms with van der Waals surface area (Å²) in [6, 6.07) is 10.2. The van der Waals surface area contributed by atoms with Gasteiger partial charge in [-0.1, -0.05) is 22.0 Å². The van der Waals surface area contributed by atoms with Crippen LogP contribution >= 0.6 is 15.9 Å². The molecule has 4 nitrogen and oxygen atoms in total. The highest BCUT2D eigenvalue weighted by molar-refractivity contribution is 9.10. The lowest BCUT2D eigenvalue weighted by Crippen LogP contribution is -2.15. The van der Waals surface area contributed by atoms with Crippen molar-refractivity contribution in [1.29, 1.82) is 0 Å². The number of hydrogen-bond donors (Lipinski definition) is 2. The van der Waals surface area contributed by atoms with E-state index in [1.54, 1.807) is 24.3 Å². The molecule has 2 rings (SSSR count). The van der Waals surface area contributed by atoms with Crippen LogP contribution in [0.3, 0.4) is 0 Å². The summed E-state index contributed by atoms with van der Waals surface area (Å²) in [4.78, 5) is 23.0. The summed E-state index contributed by atoms with van der Waals surface area (Å²) in [5.41, 5.74) is -0.294. The molecule has 20 heavy (non-hydrogen) atoms. The summed E-state index contributed by atoms with van der Waals surface area (Å²) >= 11 is 3.24. The predicted molar refractivity (Wildman–Crippen MR) is 75.5 cm³/mol. The van der Waals surface area contributed by atoms with E-state index in [1.165, 1.54) is 12.1 Å². The maximum atomic E-state index is 13.5. The average Bonchev–Trinajstić information content (AvgIpc) is 2.39. The topological polar surface area (TPSA) is 66.4 Å².